The van der Waals surface area contributed by atoms with E-state index in [0.717, 1.165) is 37.6 Å². The Morgan fingerprint density at radius 3 is 2.41 bits per heavy atom. The molecule has 0 radical (unpaired) electrons. The fourth-order valence-corrected chi connectivity index (χ4v) is 5.56. The first-order valence-corrected chi connectivity index (χ1v) is 14.7. The number of anilines is 3. The van der Waals surface area contributed by atoms with Crippen LogP contribution in [-0.4, -0.2) is 59.9 Å². The minimum absolute atomic E-state index is 0.0877. The maximum Gasteiger partial charge on any atom is 0.240 e. The molecule has 1 saturated carbocycles. The molecule has 0 bridgehead atoms. The fraction of sp³-hybridized carbons (Fsp3) is 0.312. The third-order valence-electron chi connectivity index (χ3n) is 8.54. The lowest BCUT2D eigenvalue weighted by molar-refractivity contribution is -0.134. The number of aromatic nitrogens is 2. The number of piperazine rings is 1. The zero-order chi connectivity index (χ0) is 32.6. The number of likely N-dealkylation sites (N-methyl/N-ethyl adjacent to an activating group) is 1. The van der Waals surface area contributed by atoms with Gasteiger partial charge in [0.15, 0.2) is 28.9 Å². The maximum absolute atomic E-state index is 15.3. The molecule has 2 fully saturated rings. The maximum atomic E-state index is 15.3. The summed E-state index contributed by atoms with van der Waals surface area (Å²) in [6.45, 7) is 3.45. The molecular weight excluding hydrogens is 606 g/mol. The molecule has 2 heterocycles. The number of hydrogen-bond donors (Lipinski definition) is 3. The van der Waals surface area contributed by atoms with Gasteiger partial charge in [0.1, 0.15) is 5.41 Å². The number of carbonyl (C=O) groups excluding carboxylic acids is 2. The standard InChI is InChI=1S/C32H31F4N7O3/c1-42-14-16-43(17-15-42)23-5-3-2-4-22(23)40-30-38-13-8-24(41-30)46-32(20-18-21(33)26(35)27(36)25(20)34)9-6-19(7-10-32)39-29(45)31(11-12-31)28(37)44/h2-9,13,18H,10-12,14-17H2,1H3,(H2,37,44)(H,39,45)(H,38,40,41). The minimum Gasteiger partial charge on any atom is -0.461 e. The molecule has 3 aliphatic rings. The van der Waals surface area contributed by atoms with Gasteiger partial charge in [-0.25, -0.2) is 22.5 Å². The first-order chi connectivity index (χ1) is 22.0. The Hall–Kier alpha value is -4.98. The van der Waals surface area contributed by atoms with Crippen molar-refractivity contribution in [1.29, 1.82) is 0 Å². The van der Waals surface area contributed by atoms with Crippen LogP contribution in [0.3, 0.4) is 0 Å². The molecule has 1 saturated heterocycles. The van der Waals surface area contributed by atoms with Gasteiger partial charge in [0.05, 0.1) is 11.4 Å². The van der Waals surface area contributed by atoms with Gasteiger partial charge in [-0.15, -0.1) is 0 Å². The van der Waals surface area contributed by atoms with Crippen LogP contribution in [0.1, 0.15) is 24.8 Å². The van der Waals surface area contributed by atoms with Crippen LogP contribution in [0, 0.1) is 28.7 Å². The molecule has 4 N–H and O–H groups in total. The van der Waals surface area contributed by atoms with E-state index in [1.54, 1.807) is 0 Å². The lowest BCUT2D eigenvalue weighted by Crippen LogP contribution is -2.44. The molecule has 14 heteroatoms. The number of ether oxygens (including phenoxy) is 1. The summed E-state index contributed by atoms with van der Waals surface area (Å²) in [5.41, 5.74) is 3.44. The number of carbonyl (C=O) groups is 2. The van der Waals surface area contributed by atoms with Gasteiger partial charge < -0.3 is 30.9 Å². The number of nitrogens with one attached hydrogen (secondary N) is 2. The SMILES string of the molecule is CN1CCN(c2ccccc2Nc2nccc(OC3(c4cc(F)c(F)c(F)c4F)C=CC(NC(=O)C4(C(N)=O)CC4)=CC3)n2)CC1. The Morgan fingerprint density at radius 1 is 1.00 bits per heavy atom. The number of primary amides is 1. The van der Waals surface area contributed by atoms with Crippen molar-refractivity contribution in [2.75, 3.05) is 43.4 Å². The van der Waals surface area contributed by atoms with Crippen molar-refractivity contribution in [3.05, 3.63) is 95.4 Å². The van der Waals surface area contributed by atoms with Gasteiger partial charge in [-0.3, -0.25) is 9.59 Å². The first kappa shape index (κ1) is 31.0. The van der Waals surface area contributed by atoms with Crippen molar-refractivity contribution < 1.29 is 31.9 Å². The summed E-state index contributed by atoms with van der Waals surface area (Å²) in [4.78, 5) is 37.7. The number of benzene rings is 2. The van der Waals surface area contributed by atoms with E-state index in [2.05, 4.69) is 37.4 Å². The van der Waals surface area contributed by atoms with Crippen LogP contribution in [0.4, 0.5) is 34.9 Å². The van der Waals surface area contributed by atoms with Gasteiger partial charge in [0.25, 0.3) is 0 Å². The van der Waals surface area contributed by atoms with Gasteiger partial charge in [-0.2, -0.15) is 4.98 Å². The highest BCUT2D eigenvalue weighted by molar-refractivity contribution is 6.07. The summed E-state index contributed by atoms with van der Waals surface area (Å²) in [6, 6.07) is 9.55. The molecule has 2 amide bonds. The molecular formula is C32H31F4N7O3. The van der Waals surface area contributed by atoms with Crippen molar-refractivity contribution in [3.63, 3.8) is 0 Å². The third-order valence-corrected chi connectivity index (χ3v) is 8.54. The molecule has 2 aromatic carbocycles. The first-order valence-electron chi connectivity index (χ1n) is 14.7. The Balaban J connectivity index is 1.29. The quantitative estimate of drug-likeness (QED) is 0.139. The summed E-state index contributed by atoms with van der Waals surface area (Å²) in [6.07, 6.45) is 5.79. The predicted octanol–water partition coefficient (Wildman–Crippen LogP) is 4.03. The van der Waals surface area contributed by atoms with Gasteiger partial charge >= 0.3 is 0 Å². The lowest BCUT2D eigenvalue weighted by Gasteiger charge is -2.35. The number of rotatable bonds is 9. The predicted molar refractivity (Wildman–Crippen MR) is 161 cm³/mol. The molecule has 1 atom stereocenters. The van der Waals surface area contributed by atoms with E-state index in [1.165, 1.54) is 30.5 Å². The van der Waals surface area contributed by atoms with E-state index in [4.69, 9.17) is 10.5 Å². The highest BCUT2D eigenvalue weighted by Gasteiger charge is 2.55. The number of amides is 2. The lowest BCUT2D eigenvalue weighted by atomic mass is 9.85. The molecule has 10 nitrogen and oxygen atoms in total. The van der Waals surface area contributed by atoms with Crippen molar-refractivity contribution in [2.45, 2.75) is 24.9 Å². The Labute approximate surface area is 261 Å². The molecule has 1 aromatic heterocycles. The normalized spacial score (nSPS) is 20.5. The number of allylic oxidation sites excluding steroid dienone is 1. The largest absolute Gasteiger partial charge is 0.461 e. The number of halogens is 4. The van der Waals surface area contributed by atoms with Crippen molar-refractivity contribution in [1.82, 2.24) is 20.2 Å². The Morgan fingerprint density at radius 2 is 1.74 bits per heavy atom. The molecule has 46 heavy (non-hydrogen) atoms. The van der Waals surface area contributed by atoms with E-state index in [9.17, 15) is 22.8 Å². The van der Waals surface area contributed by atoms with Crippen molar-refractivity contribution >= 4 is 29.1 Å². The molecule has 240 valence electrons. The van der Waals surface area contributed by atoms with Crippen LogP contribution in [0.15, 0.2) is 66.5 Å². The summed E-state index contributed by atoms with van der Waals surface area (Å²) in [5.74, 6) is -8.53. The summed E-state index contributed by atoms with van der Waals surface area (Å²) >= 11 is 0. The van der Waals surface area contributed by atoms with E-state index in [1.807, 2.05) is 24.3 Å². The summed E-state index contributed by atoms with van der Waals surface area (Å²) < 4.78 is 64.3. The van der Waals surface area contributed by atoms with Crippen LogP contribution < -0.4 is 26.0 Å². The second-order valence-corrected chi connectivity index (χ2v) is 11.6. The Kier molecular flexibility index (Phi) is 8.15. The van der Waals surface area contributed by atoms with Gasteiger partial charge in [0, 0.05) is 56.1 Å². The molecule has 3 aromatic rings. The zero-order valence-electron chi connectivity index (χ0n) is 24.8. The second kappa shape index (κ2) is 12.1. The topological polar surface area (TPSA) is 126 Å². The molecule has 0 spiro atoms. The molecule has 6 rings (SSSR count). The minimum atomic E-state index is -2.00. The highest BCUT2D eigenvalue weighted by Crippen LogP contribution is 2.46. The second-order valence-electron chi connectivity index (χ2n) is 11.6. The smallest absolute Gasteiger partial charge is 0.240 e. The van der Waals surface area contributed by atoms with E-state index < -0.39 is 51.7 Å². The number of hydrogen-bond acceptors (Lipinski definition) is 8. The van der Waals surface area contributed by atoms with E-state index in [-0.39, 0.29) is 23.9 Å². The van der Waals surface area contributed by atoms with Crippen LogP contribution in [0.25, 0.3) is 0 Å². The highest BCUT2D eigenvalue weighted by atomic mass is 19.2. The number of nitrogens with two attached hydrogens (primary N) is 1. The van der Waals surface area contributed by atoms with Gasteiger partial charge in [-0.1, -0.05) is 18.2 Å². The molecule has 1 unspecified atom stereocenters. The van der Waals surface area contributed by atoms with Crippen molar-refractivity contribution in [3.8, 4) is 5.88 Å². The average Bonchev–Trinajstić information content (AvgIpc) is 3.87. The Bertz CT molecular complexity index is 1760. The number of para-hydroxylation sites is 2. The number of nitrogens with zero attached hydrogens (tertiary/aromatic N) is 4. The van der Waals surface area contributed by atoms with Crippen LogP contribution in [0.2, 0.25) is 0 Å². The molecule has 1 aliphatic heterocycles. The van der Waals surface area contributed by atoms with E-state index >= 15 is 4.39 Å². The van der Waals surface area contributed by atoms with Crippen LogP contribution in [0.5, 0.6) is 5.88 Å². The monoisotopic (exact) mass is 637 g/mol. The molecule has 2 aliphatic carbocycles. The average molecular weight is 638 g/mol. The van der Waals surface area contributed by atoms with Gasteiger partial charge in [-0.05, 0) is 50.2 Å². The third kappa shape index (κ3) is 5.87. The summed E-state index contributed by atoms with van der Waals surface area (Å²) in [5, 5.41) is 5.80. The zero-order valence-corrected chi connectivity index (χ0v) is 24.8. The van der Waals surface area contributed by atoms with Crippen LogP contribution >= 0.6 is 0 Å². The van der Waals surface area contributed by atoms with Crippen molar-refractivity contribution in [2.24, 2.45) is 11.1 Å². The van der Waals surface area contributed by atoms with E-state index in [0.29, 0.717) is 18.9 Å². The summed E-state index contributed by atoms with van der Waals surface area (Å²) in [7, 11) is 2.07. The fourth-order valence-electron chi connectivity index (χ4n) is 5.56. The van der Waals surface area contributed by atoms with Gasteiger partial charge in [0.2, 0.25) is 23.6 Å². The van der Waals surface area contributed by atoms with Crippen LogP contribution in [-0.2, 0) is 15.2 Å².